The molecule has 3 fully saturated rings. The number of piperidine rings is 3. The maximum Gasteiger partial charge on any atom is 0.0361 e. The molecular weight excluding hydrogens is 376 g/mol. The Morgan fingerprint density at radius 3 is 2.06 bits per heavy atom. The van der Waals surface area contributed by atoms with Crippen LogP contribution in [0.15, 0.2) is 78.9 Å². The van der Waals surface area contributed by atoms with Crippen LogP contribution in [0.3, 0.4) is 0 Å². The molecule has 6 rings (SSSR count). The van der Waals surface area contributed by atoms with Crippen molar-refractivity contribution in [2.75, 3.05) is 13.1 Å². The molecular formula is C29H34N2. The van der Waals surface area contributed by atoms with Crippen LogP contribution in [0.5, 0.6) is 0 Å². The minimum atomic E-state index is 0.390. The van der Waals surface area contributed by atoms with E-state index in [9.17, 15) is 0 Å². The van der Waals surface area contributed by atoms with Crippen molar-refractivity contribution in [2.45, 2.75) is 51.2 Å². The zero-order valence-corrected chi connectivity index (χ0v) is 18.8. The van der Waals surface area contributed by atoms with Gasteiger partial charge in [-0.1, -0.05) is 84.4 Å². The normalized spacial score (nSPS) is 25.1. The monoisotopic (exact) mass is 410 g/mol. The summed E-state index contributed by atoms with van der Waals surface area (Å²) in [6.07, 6.45) is 2.63. The number of rotatable bonds is 6. The molecule has 0 saturated carbocycles. The highest BCUT2D eigenvalue weighted by molar-refractivity contribution is 5.36. The van der Waals surface area contributed by atoms with E-state index in [0.717, 1.165) is 12.5 Å². The maximum absolute atomic E-state index is 4.07. The third kappa shape index (κ3) is 4.20. The molecule has 2 unspecified atom stereocenters. The topological polar surface area (TPSA) is 15.3 Å². The number of hydrogen-bond acceptors (Lipinski definition) is 2. The Morgan fingerprint density at radius 1 is 0.839 bits per heavy atom. The number of aryl methyl sites for hydroxylation is 2. The van der Waals surface area contributed by atoms with Crippen LogP contribution in [0.4, 0.5) is 0 Å². The summed E-state index contributed by atoms with van der Waals surface area (Å²) in [5.41, 5.74) is 7.04. The zero-order valence-electron chi connectivity index (χ0n) is 18.8. The van der Waals surface area contributed by atoms with E-state index in [1.807, 2.05) is 0 Å². The molecule has 0 spiro atoms. The van der Waals surface area contributed by atoms with Gasteiger partial charge in [0.15, 0.2) is 0 Å². The van der Waals surface area contributed by atoms with E-state index in [2.05, 4.69) is 103 Å². The van der Waals surface area contributed by atoms with Gasteiger partial charge in [-0.05, 0) is 68.0 Å². The van der Waals surface area contributed by atoms with Crippen LogP contribution in [-0.2, 0) is 6.54 Å². The summed E-state index contributed by atoms with van der Waals surface area (Å²) in [7, 11) is 0. The molecule has 2 atom stereocenters. The number of nitrogens with zero attached hydrogens (tertiary/aromatic N) is 1. The molecule has 160 valence electrons. The van der Waals surface area contributed by atoms with E-state index in [1.54, 1.807) is 0 Å². The third-order valence-electron chi connectivity index (χ3n) is 7.56. The lowest BCUT2D eigenvalue weighted by Gasteiger charge is -2.54. The predicted molar refractivity (Wildman–Crippen MR) is 129 cm³/mol. The maximum atomic E-state index is 4.07. The lowest BCUT2D eigenvalue weighted by Crippen LogP contribution is -2.64. The van der Waals surface area contributed by atoms with Crippen LogP contribution >= 0.6 is 0 Å². The summed E-state index contributed by atoms with van der Waals surface area (Å²) in [4.78, 5) is 2.77. The summed E-state index contributed by atoms with van der Waals surface area (Å²) in [6, 6.07) is 30.2. The van der Waals surface area contributed by atoms with Crippen molar-refractivity contribution in [2.24, 2.45) is 5.92 Å². The molecule has 3 aliphatic heterocycles. The molecule has 0 radical (unpaired) electrons. The van der Waals surface area contributed by atoms with E-state index in [0.29, 0.717) is 18.0 Å². The van der Waals surface area contributed by atoms with Crippen molar-refractivity contribution in [1.29, 1.82) is 0 Å². The molecule has 1 N–H and O–H groups in total. The molecule has 0 aromatic heterocycles. The number of hydrogen-bond donors (Lipinski definition) is 1. The number of benzene rings is 3. The molecule has 2 heteroatoms. The summed E-state index contributed by atoms with van der Waals surface area (Å²) < 4.78 is 0. The zero-order chi connectivity index (χ0) is 21.2. The van der Waals surface area contributed by atoms with Crippen molar-refractivity contribution in [3.05, 3.63) is 107 Å². The van der Waals surface area contributed by atoms with E-state index in [-0.39, 0.29) is 0 Å². The van der Waals surface area contributed by atoms with Crippen LogP contribution in [0.1, 0.15) is 46.6 Å². The van der Waals surface area contributed by atoms with Crippen LogP contribution in [0, 0.1) is 19.8 Å². The van der Waals surface area contributed by atoms with Gasteiger partial charge in [0.05, 0.1) is 0 Å². The minimum Gasteiger partial charge on any atom is -0.308 e. The second-order valence-electron chi connectivity index (χ2n) is 9.50. The Bertz CT molecular complexity index is 950. The fourth-order valence-corrected chi connectivity index (χ4v) is 5.91. The highest BCUT2D eigenvalue weighted by Crippen LogP contribution is 2.42. The SMILES string of the molecule is Cc1ccc(C)c(CNC2C3CCN(CC3)C2C(c2ccccc2)c2ccccc2)c1. The van der Waals surface area contributed by atoms with Crippen LogP contribution in [-0.4, -0.2) is 30.1 Å². The molecule has 3 heterocycles. The molecule has 0 aliphatic carbocycles. The minimum absolute atomic E-state index is 0.390. The molecule has 3 aliphatic rings. The second-order valence-corrected chi connectivity index (χ2v) is 9.50. The van der Waals surface area contributed by atoms with Gasteiger partial charge in [-0.25, -0.2) is 0 Å². The van der Waals surface area contributed by atoms with Gasteiger partial charge in [0.1, 0.15) is 0 Å². The van der Waals surface area contributed by atoms with Gasteiger partial charge in [-0.15, -0.1) is 0 Å². The van der Waals surface area contributed by atoms with Gasteiger partial charge >= 0.3 is 0 Å². The molecule has 2 bridgehead atoms. The van der Waals surface area contributed by atoms with Gasteiger partial charge < -0.3 is 5.32 Å². The molecule has 31 heavy (non-hydrogen) atoms. The predicted octanol–water partition coefficient (Wildman–Crippen LogP) is 5.69. The van der Waals surface area contributed by atoms with Gasteiger partial charge in [0.25, 0.3) is 0 Å². The first kappa shape index (κ1) is 20.5. The quantitative estimate of drug-likeness (QED) is 0.562. The Balaban J connectivity index is 1.50. The second kappa shape index (κ2) is 8.98. The van der Waals surface area contributed by atoms with Crippen LogP contribution in [0.2, 0.25) is 0 Å². The molecule has 2 nitrogen and oxygen atoms in total. The van der Waals surface area contributed by atoms with E-state index in [1.165, 1.54) is 53.7 Å². The lowest BCUT2D eigenvalue weighted by atomic mass is 9.70. The molecule has 3 aromatic rings. The highest BCUT2D eigenvalue weighted by atomic mass is 15.2. The average Bonchev–Trinajstić information content (AvgIpc) is 2.82. The first-order valence-electron chi connectivity index (χ1n) is 11.8. The van der Waals surface area contributed by atoms with Crippen LogP contribution < -0.4 is 5.32 Å². The molecule has 0 amide bonds. The van der Waals surface area contributed by atoms with Crippen LogP contribution in [0.25, 0.3) is 0 Å². The smallest absolute Gasteiger partial charge is 0.0361 e. The third-order valence-corrected chi connectivity index (χ3v) is 7.56. The van der Waals surface area contributed by atoms with Gasteiger partial charge in [-0.2, -0.15) is 0 Å². The summed E-state index contributed by atoms with van der Waals surface area (Å²) in [5.74, 6) is 1.15. The van der Waals surface area contributed by atoms with Crippen molar-refractivity contribution < 1.29 is 0 Å². The largest absolute Gasteiger partial charge is 0.308 e. The number of fused-ring (bicyclic) bond motifs is 3. The fourth-order valence-electron chi connectivity index (χ4n) is 5.91. The standard InChI is InChI=1S/C29H34N2/c1-21-13-14-22(2)26(19-21)20-30-28-25-15-17-31(18-16-25)29(28)27(23-9-5-3-6-10-23)24-11-7-4-8-12-24/h3-14,19,25,27-30H,15-18,20H2,1-2H3. The first-order valence-corrected chi connectivity index (χ1v) is 11.8. The summed E-state index contributed by atoms with van der Waals surface area (Å²) >= 11 is 0. The Kier molecular flexibility index (Phi) is 5.93. The van der Waals surface area contributed by atoms with E-state index < -0.39 is 0 Å². The lowest BCUT2D eigenvalue weighted by molar-refractivity contribution is 0.00466. The van der Waals surface area contributed by atoms with Crippen molar-refractivity contribution in [3.63, 3.8) is 0 Å². The van der Waals surface area contributed by atoms with Gasteiger partial charge in [0.2, 0.25) is 0 Å². The Hall–Kier alpha value is -2.42. The van der Waals surface area contributed by atoms with Crippen molar-refractivity contribution >= 4 is 0 Å². The van der Waals surface area contributed by atoms with Crippen molar-refractivity contribution in [1.82, 2.24) is 10.2 Å². The van der Waals surface area contributed by atoms with Gasteiger partial charge in [-0.3, -0.25) is 4.90 Å². The Labute approximate surface area is 187 Å². The first-order chi connectivity index (χ1) is 15.2. The van der Waals surface area contributed by atoms with Crippen molar-refractivity contribution in [3.8, 4) is 0 Å². The summed E-state index contributed by atoms with van der Waals surface area (Å²) in [5, 5.41) is 4.07. The summed E-state index contributed by atoms with van der Waals surface area (Å²) in [6.45, 7) is 7.84. The van der Waals surface area contributed by atoms with Gasteiger partial charge in [0, 0.05) is 24.5 Å². The molecule has 3 aromatic carbocycles. The Morgan fingerprint density at radius 2 is 1.45 bits per heavy atom. The average molecular weight is 411 g/mol. The molecule has 3 saturated heterocycles. The van der Waals surface area contributed by atoms with E-state index in [4.69, 9.17) is 0 Å². The highest BCUT2D eigenvalue weighted by Gasteiger charge is 2.46. The van der Waals surface area contributed by atoms with E-state index >= 15 is 0 Å². The fraction of sp³-hybridized carbons (Fsp3) is 0.379. The number of nitrogens with one attached hydrogen (secondary N) is 1.